The zero-order valence-electron chi connectivity index (χ0n) is 8.46. The average Bonchev–Trinajstić information content (AvgIpc) is 2.15. The van der Waals surface area contributed by atoms with E-state index in [9.17, 15) is 9.59 Å². The Morgan fingerprint density at radius 3 is 2.62 bits per heavy atom. The van der Waals surface area contributed by atoms with Crippen molar-refractivity contribution in [2.45, 2.75) is 0 Å². The van der Waals surface area contributed by atoms with Gasteiger partial charge in [-0.05, 0) is 12.1 Å². The van der Waals surface area contributed by atoms with Crippen LogP contribution in [-0.2, 0) is 4.79 Å². The summed E-state index contributed by atoms with van der Waals surface area (Å²) in [6.07, 6.45) is 1.40. The van der Waals surface area contributed by atoms with Crippen LogP contribution in [0.1, 0.15) is 10.5 Å². The number of pyridine rings is 1. The molecule has 2 rings (SSSR count). The number of hydrogen-bond donors (Lipinski definition) is 2. The topological polar surface area (TPSA) is 96.5 Å². The van der Waals surface area contributed by atoms with Crippen LogP contribution < -0.4 is 5.73 Å². The van der Waals surface area contributed by atoms with Crippen molar-refractivity contribution in [2.75, 3.05) is 18.8 Å². The molecule has 1 aliphatic rings. The second kappa shape index (κ2) is 3.80. The fourth-order valence-corrected chi connectivity index (χ4v) is 1.49. The molecule has 0 bridgehead atoms. The van der Waals surface area contributed by atoms with Gasteiger partial charge in [-0.25, -0.2) is 4.98 Å². The Balaban J connectivity index is 2.00. The van der Waals surface area contributed by atoms with E-state index in [0.29, 0.717) is 5.69 Å². The van der Waals surface area contributed by atoms with Gasteiger partial charge in [0, 0.05) is 13.1 Å². The number of hydrogen-bond acceptors (Lipinski definition) is 4. The number of carbonyl (C=O) groups is 2. The Morgan fingerprint density at radius 1 is 1.44 bits per heavy atom. The third kappa shape index (κ3) is 1.81. The predicted octanol–water partition coefficient (Wildman–Crippen LogP) is -0.180. The zero-order valence-corrected chi connectivity index (χ0v) is 8.46. The van der Waals surface area contributed by atoms with Gasteiger partial charge in [0.15, 0.2) is 0 Å². The molecule has 3 N–H and O–H groups in total. The average molecular weight is 221 g/mol. The summed E-state index contributed by atoms with van der Waals surface area (Å²) in [5, 5.41) is 8.67. The quantitative estimate of drug-likeness (QED) is 0.722. The highest BCUT2D eigenvalue weighted by molar-refractivity contribution is 5.94. The highest BCUT2D eigenvalue weighted by Crippen LogP contribution is 2.18. The van der Waals surface area contributed by atoms with Gasteiger partial charge in [0.25, 0.3) is 5.91 Å². The summed E-state index contributed by atoms with van der Waals surface area (Å²) in [4.78, 5) is 27.6. The molecule has 1 fully saturated rings. The normalized spacial score (nSPS) is 15.6. The van der Waals surface area contributed by atoms with Gasteiger partial charge >= 0.3 is 5.97 Å². The SMILES string of the molecule is Nc1ccc(C(=O)N2CC(C(=O)O)C2)nc1. The Labute approximate surface area is 91.7 Å². The molecule has 1 saturated heterocycles. The van der Waals surface area contributed by atoms with Crippen LogP contribution in [0, 0.1) is 5.92 Å². The Bertz CT molecular complexity index is 423. The molecular weight excluding hydrogens is 210 g/mol. The summed E-state index contributed by atoms with van der Waals surface area (Å²) in [7, 11) is 0. The minimum absolute atomic E-state index is 0.250. The highest BCUT2D eigenvalue weighted by Gasteiger charge is 2.36. The van der Waals surface area contributed by atoms with Crippen molar-refractivity contribution in [1.82, 2.24) is 9.88 Å². The Morgan fingerprint density at radius 2 is 2.12 bits per heavy atom. The molecule has 2 heterocycles. The van der Waals surface area contributed by atoms with Crippen LogP contribution in [0.5, 0.6) is 0 Å². The molecule has 0 saturated carbocycles. The monoisotopic (exact) mass is 221 g/mol. The first kappa shape index (κ1) is 10.4. The largest absolute Gasteiger partial charge is 0.481 e. The molecule has 0 spiro atoms. The lowest BCUT2D eigenvalue weighted by Gasteiger charge is -2.36. The number of carbonyl (C=O) groups excluding carboxylic acids is 1. The molecule has 0 aromatic carbocycles. The number of carboxylic acids is 1. The molecule has 84 valence electrons. The molecule has 6 heteroatoms. The van der Waals surface area contributed by atoms with Crippen molar-refractivity contribution in [3.8, 4) is 0 Å². The lowest BCUT2D eigenvalue weighted by molar-refractivity contribution is -0.146. The van der Waals surface area contributed by atoms with Crippen molar-refractivity contribution in [2.24, 2.45) is 5.92 Å². The van der Waals surface area contributed by atoms with E-state index in [1.807, 2.05) is 0 Å². The van der Waals surface area contributed by atoms with E-state index in [2.05, 4.69) is 4.98 Å². The van der Waals surface area contributed by atoms with E-state index in [1.165, 1.54) is 17.2 Å². The summed E-state index contributed by atoms with van der Waals surface area (Å²) >= 11 is 0. The molecule has 0 atom stereocenters. The van der Waals surface area contributed by atoms with Gasteiger partial charge in [-0.15, -0.1) is 0 Å². The van der Waals surface area contributed by atoms with Crippen LogP contribution in [0.15, 0.2) is 18.3 Å². The van der Waals surface area contributed by atoms with Gasteiger partial charge in [0.2, 0.25) is 0 Å². The van der Waals surface area contributed by atoms with Gasteiger partial charge < -0.3 is 15.7 Å². The molecule has 1 aromatic heterocycles. The Hall–Kier alpha value is -2.11. The number of rotatable bonds is 2. The maximum absolute atomic E-state index is 11.7. The fourth-order valence-electron chi connectivity index (χ4n) is 1.49. The molecule has 1 amide bonds. The van der Waals surface area contributed by atoms with Gasteiger partial charge in [-0.1, -0.05) is 0 Å². The van der Waals surface area contributed by atoms with Crippen LogP contribution in [0.3, 0.4) is 0 Å². The van der Waals surface area contributed by atoms with E-state index in [4.69, 9.17) is 10.8 Å². The number of nitrogen functional groups attached to an aromatic ring is 1. The van der Waals surface area contributed by atoms with Gasteiger partial charge in [0.05, 0.1) is 17.8 Å². The molecule has 0 unspecified atom stereocenters. The first-order valence-corrected chi connectivity index (χ1v) is 4.81. The summed E-state index contributed by atoms with van der Waals surface area (Å²) in [6, 6.07) is 3.13. The number of anilines is 1. The lowest BCUT2D eigenvalue weighted by atomic mass is 10.00. The van der Waals surface area contributed by atoms with E-state index >= 15 is 0 Å². The Kier molecular flexibility index (Phi) is 2.47. The van der Waals surface area contributed by atoms with Crippen molar-refractivity contribution < 1.29 is 14.7 Å². The minimum atomic E-state index is -0.866. The molecule has 0 aliphatic carbocycles. The first-order valence-electron chi connectivity index (χ1n) is 4.81. The summed E-state index contributed by atoms with van der Waals surface area (Å²) < 4.78 is 0. The van der Waals surface area contributed by atoms with E-state index < -0.39 is 11.9 Å². The second-order valence-electron chi connectivity index (χ2n) is 3.72. The van der Waals surface area contributed by atoms with Crippen molar-refractivity contribution >= 4 is 17.6 Å². The summed E-state index contributed by atoms with van der Waals surface area (Å²) in [5.41, 5.74) is 6.23. The van der Waals surface area contributed by atoms with E-state index in [0.717, 1.165) is 0 Å². The molecule has 1 aromatic rings. The van der Waals surface area contributed by atoms with Crippen LogP contribution in [0.25, 0.3) is 0 Å². The standard InChI is InChI=1S/C10H11N3O3/c11-7-1-2-8(12-3-7)9(14)13-4-6(5-13)10(15)16/h1-3,6H,4-5,11H2,(H,15,16). The maximum Gasteiger partial charge on any atom is 0.310 e. The summed E-state index contributed by atoms with van der Waals surface area (Å²) in [5.74, 6) is -1.57. The predicted molar refractivity (Wildman–Crippen MR) is 55.7 cm³/mol. The molecular formula is C10H11N3O3. The summed E-state index contributed by atoms with van der Waals surface area (Å²) in [6.45, 7) is 0.500. The third-order valence-corrected chi connectivity index (χ3v) is 2.52. The fraction of sp³-hybridized carbons (Fsp3) is 0.300. The zero-order chi connectivity index (χ0) is 11.7. The van der Waals surface area contributed by atoms with E-state index in [1.54, 1.807) is 6.07 Å². The molecule has 1 aliphatic heterocycles. The number of nitrogens with two attached hydrogens (primary N) is 1. The maximum atomic E-state index is 11.7. The molecule has 6 nitrogen and oxygen atoms in total. The number of amides is 1. The van der Waals surface area contributed by atoms with Gasteiger partial charge in [0.1, 0.15) is 5.69 Å². The highest BCUT2D eigenvalue weighted by atomic mass is 16.4. The number of carboxylic acid groups (broad SMARTS) is 1. The van der Waals surface area contributed by atoms with Gasteiger partial charge in [-0.3, -0.25) is 9.59 Å². The number of aromatic nitrogens is 1. The smallest absolute Gasteiger partial charge is 0.310 e. The third-order valence-electron chi connectivity index (χ3n) is 2.52. The van der Waals surface area contributed by atoms with E-state index in [-0.39, 0.29) is 24.7 Å². The van der Waals surface area contributed by atoms with Crippen LogP contribution in [0.2, 0.25) is 0 Å². The van der Waals surface area contributed by atoms with Crippen LogP contribution in [0.4, 0.5) is 5.69 Å². The molecule has 16 heavy (non-hydrogen) atoms. The first-order chi connectivity index (χ1) is 7.58. The van der Waals surface area contributed by atoms with Crippen LogP contribution >= 0.6 is 0 Å². The second-order valence-corrected chi connectivity index (χ2v) is 3.72. The van der Waals surface area contributed by atoms with Crippen molar-refractivity contribution in [3.63, 3.8) is 0 Å². The molecule has 0 radical (unpaired) electrons. The lowest BCUT2D eigenvalue weighted by Crippen LogP contribution is -2.53. The van der Waals surface area contributed by atoms with Crippen molar-refractivity contribution in [3.05, 3.63) is 24.0 Å². The number of nitrogens with zero attached hydrogens (tertiary/aromatic N) is 2. The number of likely N-dealkylation sites (tertiary alicyclic amines) is 1. The minimum Gasteiger partial charge on any atom is -0.481 e. The van der Waals surface area contributed by atoms with Crippen molar-refractivity contribution in [1.29, 1.82) is 0 Å². The number of aliphatic carboxylic acids is 1. The van der Waals surface area contributed by atoms with Gasteiger partial charge in [-0.2, -0.15) is 0 Å². The van der Waals surface area contributed by atoms with Crippen LogP contribution in [-0.4, -0.2) is 40.0 Å².